The zero-order chi connectivity index (χ0) is 13.0. The number of aromatic nitrogens is 3. The summed E-state index contributed by atoms with van der Waals surface area (Å²) >= 11 is 0. The molecule has 2 rings (SSSR count). The van der Waals surface area contributed by atoms with Crippen molar-refractivity contribution in [2.24, 2.45) is 0 Å². The first-order valence-electron chi connectivity index (χ1n) is 5.43. The third-order valence-corrected chi connectivity index (χ3v) is 2.44. The lowest BCUT2D eigenvalue weighted by Gasteiger charge is -2.12. The van der Waals surface area contributed by atoms with E-state index in [0.717, 1.165) is 5.56 Å². The van der Waals surface area contributed by atoms with Crippen LogP contribution in [0.2, 0.25) is 0 Å². The maximum Gasteiger partial charge on any atom is 0.272 e. The highest BCUT2D eigenvalue weighted by Crippen LogP contribution is 2.10. The molecule has 1 unspecified atom stereocenters. The first-order chi connectivity index (χ1) is 8.66. The van der Waals surface area contributed by atoms with Gasteiger partial charge in [-0.1, -0.05) is 6.07 Å². The van der Waals surface area contributed by atoms with Gasteiger partial charge in [-0.05, 0) is 24.6 Å². The molecule has 2 N–H and O–H groups in total. The molecule has 2 heterocycles. The Hall–Kier alpha value is -2.50. The highest BCUT2D eigenvalue weighted by Gasteiger charge is 2.12. The number of nitrogens with one attached hydrogen (secondary N) is 2. The molecule has 0 aliphatic carbocycles. The van der Waals surface area contributed by atoms with E-state index in [-0.39, 0.29) is 23.2 Å². The zero-order valence-corrected chi connectivity index (χ0v) is 9.75. The maximum atomic E-state index is 11.8. The number of hydrogen-bond donors (Lipinski definition) is 2. The summed E-state index contributed by atoms with van der Waals surface area (Å²) in [5, 5.41) is 8.64. The summed E-state index contributed by atoms with van der Waals surface area (Å²) in [4.78, 5) is 26.6. The number of hydrogen-bond acceptors (Lipinski definition) is 4. The summed E-state index contributed by atoms with van der Waals surface area (Å²) in [6.45, 7) is 1.85. The van der Waals surface area contributed by atoms with Crippen molar-refractivity contribution in [2.45, 2.75) is 13.0 Å². The van der Waals surface area contributed by atoms with Crippen LogP contribution in [0, 0.1) is 0 Å². The second-order valence-corrected chi connectivity index (χ2v) is 3.79. The van der Waals surface area contributed by atoms with Crippen molar-refractivity contribution in [1.29, 1.82) is 0 Å². The van der Waals surface area contributed by atoms with Gasteiger partial charge >= 0.3 is 0 Å². The Labute approximate surface area is 103 Å². The Bertz CT molecular complexity index is 574. The summed E-state index contributed by atoms with van der Waals surface area (Å²) in [6, 6.07) is 6.13. The van der Waals surface area contributed by atoms with Crippen LogP contribution in [0.25, 0.3) is 0 Å². The van der Waals surface area contributed by atoms with Crippen LogP contribution in [0.5, 0.6) is 0 Å². The molecule has 0 aromatic carbocycles. The van der Waals surface area contributed by atoms with Gasteiger partial charge in [-0.25, -0.2) is 5.10 Å². The fourth-order valence-electron chi connectivity index (χ4n) is 1.46. The van der Waals surface area contributed by atoms with E-state index in [1.807, 2.05) is 13.0 Å². The lowest BCUT2D eigenvalue weighted by atomic mass is 10.1. The summed E-state index contributed by atoms with van der Waals surface area (Å²) in [5.41, 5.74) is 0.729. The lowest BCUT2D eigenvalue weighted by Crippen LogP contribution is -2.28. The third-order valence-electron chi connectivity index (χ3n) is 2.44. The maximum absolute atomic E-state index is 11.8. The summed E-state index contributed by atoms with van der Waals surface area (Å²) < 4.78 is 0. The van der Waals surface area contributed by atoms with Gasteiger partial charge in [-0.3, -0.25) is 14.6 Å². The van der Waals surface area contributed by atoms with Crippen molar-refractivity contribution in [3.05, 3.63) is 58.3 Å². The Morgan fingerprint density at radius 3 is 2.83 bits per heavy atom. The normalized spacial score (nSPS) is 11.8. The van der Waals surface area contributed by atoms with Crippen LogP contribution in [0.3, 0.4) is 0 Å². The number of H-pyrrole nitrogens is 1. The van der Waals surface area contributed by atoms with Gasteiger partial charge in [0.2, 0.25) is 0 Å². The van der Waals surface area contributed by atoms with Crippen LogP contribution in [0.1, 0.15) is 29.0 Å². The van der Waals surface area contributed by atoms with Crippen LogP contribution in [-0.4, -0.2) is 21.1 Å². The lowest BCUT2D eigenvalue weighted by molar-refractivity contribution is 0.0933. The first kappa shape index (κ1) is 12.0. The third kappa shape index (κ3) is 2.79. The van der Waals surface area contributed by atoms with Gasteiger partial charge < -0.3 is 5.32 Å². The molecule has 0 saturated heterocycles. The van der Waals surface area contributed by atoms with Gasteiger partial charge in [0.1, 0.15) is 5.69 Å². The van der Waals surface area contributed by atoms with E-state index in [1.54, 1.807) is 18.5 Å². The minimum Gasteiger partial charge on any atom is -0.344 e. The SMILES string of the molecule is CC(NC(=O)c1ccc(=O)[nH]n1)c1cccnc1. The Morgan fingerprint density at radius 2 is 2.22 bits per heavy atom. The van der Waals surface area contributed by atoms with Gasteiger partial charge in [0.05, 0.1) is 6.04 Å². The molecule has 6 nitrogen and oxygen atoms in total. The number of carbonyl (C=O) groups is 1. The molecule has 0 bridgehead atoms. The van der Waals surface area contributed by atoms with Crippen molar-refractivity contribution in [2.75, 3.05) is 0 Å². The van der Waals surface area contributed by atoms with Gasteiger partial charge in [-0.2, -0.15) is 5.10 Å². The van der Waals surface area contributed by atoms with Crippen LogP contribution in [0.15, 0.2) is 41.5 Å². The van der Waals surface area contributed by atoms with E-state index in [2.05, 4.69) is 20.5 Å². The molecule has 18 heavy (non-hydrogen) atoms. The molecular formula is C12H12N4O2. The highest BCUT2D eigenvalue weighted by atomic mass is 16.2. The molecule has 2 aromatic heterocycles. The largest absolute Gasteiger partial charge is 0.344 e. The molecule has 1 amide bonds. The van der Waals surface area contributed by atoms with E-state index in [4.69, 9.17) is 0 Å². The van der Waals surface area contributed by atoms with Gasteiger partial charge in [-0.15, -0.1) is 0 Å². The smallest absolute Gasteiger partial charge is 0.272 e. The van der Waals surface area contributed by atoms with Crippen LogP contribution < -0.4 is 10.9 Å². The summed E-state index contributed by atoms with van der Waals surface area (Å²) in [5.74, 6) is -0.345. The van der Waals surface area contributed by atoms with Crippen molar-refractivity contribution in [3.63, 3.8) is 0 Å². The number of rotatable bonds is 3. The number of aromatic amines is 1. The average Bonchev–Trinajstić information content (AvgIpc) is 2.40. The second kappa shape index (κ2) is 5.22. The van der Waals surface area contributed by atoms with Crippen molar-refractivity contribution in [1.82, 2.24) is 20.5 Å². The first-order valence-corrected chi connectivity index (χ1v) is 5.43. The van der Waals surface area contributed by atoms with Crippen molar-refractivity contribution in [3.8, 4) is 0 Å². The standard InChI is InChI=1S/C12H12N4O2/c1-8(9-3-2-6-13-7-9)14-12(18)10-4-5-11(17)16-15-10/h2-8H,1H3,(H,14,18)(H,16,17). The topological polar surface area (TPSA) is 87.7 Å². The fourth-order valence-corrected chi connectivity index (χ4v) is 1.46. The quantitative estimate of drug-likeness (QED) is 0.830. The molecule has 0 spiro atoms. The Kier molecular flexibility index (Phi) is 3.47. The summed E-state index contributed by atoms with van der Waals surface area (Å²) in [6.07, 6.45) is 3.35. The van der Waals surface area contributed by atoms with Gasteiger partial charge in [0.25, 0.3) is 11.5 Å². The Balaban J connectivity index is 2.08. The van der Waals surface area contributed by atoms with E-state index < -0.39 is 0 Å². The number of amides is 1. The number of pyridine rings is 1. The van der Waals surface area contributed by atoms with E-state index in [0.29, 0.717) is 0 Å². The number of carbonyl (C=O) groups excluding carboxylic acids is 1. The molecule has 0 aliphatic rings. The van der Waals surface area contributed by atoms with Crippen molar-refractivity contribution < 1.29 is 4.79 Å². The highest BCUT2D eigenvalue weighted by molar-refractivity contribution is 5.92. The molecular weight excluding hydrogens is 232 g/mol. The zero-order valence-electron chi connectivity index (χ0n) is 9.75. The average molecular weight is 244 g/mol. The molecule has 0 fully saturated rings. The molecule has 92 valence electrons. The molecule has 1 atom stereocenters. The van der Waals surface area contributed by atoms with Gasteiger partial charge in [0.15, 0.2) is 0 Å². The summed E-state index contributed by atoms with van der Waals surface area (Å²) in [7, 11) is 0. The molecule has 0 radical (unpaired) electrons. The molecule has 0 saturated carbocycles. The molecule has 6 heteroatoms. The van der Waals surface area contributed by atoms with Gasteiger partial charge in [0, 0.05) is 18.5 Å². The molecule has 2 aromatic rings. The minimum absolute atomic E-state index is 0.172. The predicted molar refractivity (Wildman–Crippen MR) is 65.0 cm³/mol. The second-order valence-electron chi connectivity index (χ2n) is 3.79. The fraction of sp³-hybridized carbons (Fsp3) is 0.167. The van der Waals surface area contributed by atoms with E-state index >= 15 is 0 Å². The van der Waals surface area contributed by atoms with Crippen LogP contribution in [0.4, 0.5) is 0 Å². The minimum atomic E-state index is -0.345. The number of nitrogens with zero attached hydrogens (tertiary/aromatic N) is 2. The van der Waals surface area contributed by atoms with E-state index in [9.17, 15) is 9.59 Å². The molecule has 0 aliphatic heterocycles. The van der Waals surface area contributed by atoms with Crippen molar-refractivity contribution >= 4 is 5.91 Å². The van der Waals surface area contributed by atoms with E-state index in [1.165, 1.54) is 12.1 Å². The van der Waals surface area contributed by atoms with Crippen LogP contribution >= 0.6 is 0 Å². The Morgan fingerprint density at radius 1 is 1.39 bits per heavy atom. The predicted octanol–water partition coefficient (Wildman–Crippen LogP) is 0.656. The van der Waals surface area contributed by atoms with Crippen LogP contribution in [-0.2, 0) is 0 Å². The monoisotopic (exact) mass is 244 g/mol.